The number of tetrazole rings is 1. The average Bonchev–Trinajstić information content (AvgIpc) is 3.09. The van der Waals surface area contributed by atoms with E-state index in [1.54, 1.807) is 7.11 Å². The maximum absolute atomic E-state index is 5.06. The first kappa shape index (κ1) is 15.4. The molecule has 2 rings (SSSR count). The molecule has 0 aliphatic heterocycles. The van der Waals surface area contributed by atoms with E-state index in [0.29, 0.717) is 12.0 Å². The molecular formula is C14H27N5O. The molecule has 6 heteroatoms. The second kappa shape index (κ2) is 7.13. The van der Waals surface area contributed by atoms with Crippen LogP contribution in [0.3, 0.4) is 0 Å². The Morgan fingerprint density at radius 2 is 2.15 bits per heavy atom. The van der Waals surface area contributed by atoms with Gasteiger partial charge < -0.3 is 10.1 Å². The molecule has 1 heterocycles. The lowest BCUT2D eigenvalue weighted by atomic mass is 9.83. The van der Waals surface area contributed by atoms with Gasteiger partial charge in [0.25, 0.3) is 0 Å². The van der Waals surface area contributed by atoms with E-state index in [1.807, 2.05) is 4.68 Å². The van der Waals surface area contributed by atoms with E-state index in [0.717, 1.165) is 18.9 Å². The Kier molecular flexibility index (Phi) is 5.48. The third-order valence-electron chi connectivity index (χ3n) is 4.60. The summed E-state index contributed by atoms with van der Waals surface area (Å²) in [5.41, 5.74) is 0.399. The Labute approximate surface area is 121 Å². The number of ether oxygens (including phenoxy) is 1. The SMILES string of the molecule is CCC1(Cn2nnnc2C(C)NCCOC)CCCC1. The highest BCUT2D eigenvalue weighted by Gasteiger charge is 2.33. The van der Waals surface area contributed by atoms with Crippen LogP contribution in [0.1, 0.15) is 57.8 Å². The van der Waals surface area contributed by atoms with Crippen molar-refractivity contribution in [2.24, 2.45) is 5.41 Å². The minimum absolute atomic E-state index is 0.149. The van der Waals surface area contributed by atoms with E-state index >= 15 is 0 Å². The summed E-state index contributed by atoms with van der Waals surface area (Å²) >= 11 is 0. The van der Waals surface area contributed by atoms with Crippen LogP contribution < -0.4 is 5.32 Å². The molecule has 1 aromatic heterocycles. The van der Waals surface area contributed by atoms with Gasteiger partial charge in [-0.3, -0.25) is 0 Å². The Bertz CT molecular complexity index is 400. The summed E-state index contributed by atoms with van der Waals surface area (Å²) in [6, 6.07) is 0.149. The fourth-order valence-corrected chi connectivity index (χ4v) is 3.17. The molecule has 1 unspecified atom stereocenters. The summed E-state index contributed by atoms with van der Waals surface area (Å²) in [4.78, 5) is 0. The Hall–Kier alpha value is -1.01. The molecule has 114 valence electrons. The first-order chi connectivity index (χ1) is 9.71. The maximum Gasteiger partial charge on any atom is 0.167 e. The lowest BCUT2D eigenvalue weighted by molar-refractivity contribution is 0.193. The van der Waals surface area contributed by atoms with Gasteiger partial charge in [-0.15, -0.1) is 5.10 Å². The number of hydrogen-bond acceptors (Lipinski definition) is 5. The second-order valence-corrected chi connectivity index (χ2v) is 5.92. The standard InChI is InChI=1S/C14H27N5O/c1-4-14(7-5-6-8-14)11-19-13(16-17-18-19)12(2)15-9-10-20-3/h12,15H,4-11H2,1-3H3. The Balaban J connectivity index is 2.00. The number of rotatable bonds is 8. The topological polar surface area (TPSA) is 64.9 Å². The molecule has 1 atom stereocenters. The van der Waals surface area contributed by atoms with Crippen molar-refractivity contribution < 1.29 is 4.74 Å². The van der Waals surface area contributed by atoms with Crippen molar-refractivity contribution >= 4 is 0 Å². The fourth-order valence-electron chi connectivity index (χ4n) is 3.17. The number of hydrogen-bond donors (Lipinski definition) is 1. The Morgan fingerprint density at radius 3 is 2.80 bits per heavy atom. The zero-order chi connectivity index (χ0) is 14.4. The number of aromatic nitrogens is 4. The molecule has 0 aromatic carbocycles. The molecular weight excluding hydrogens is 254 g/mol. The largest absolute Gasteiger partial charge is 0.383 e. The molecule has 0 spiro atoms. The molecule has 1 fully saturated rings. The highest BCUT2D eigenvalue weighted by Crippen LogP contribution is 2.42. The van der Waals surface area contributed by atoms with Crippen molar-refractivity contribution in [3.8, 4) is 0 Å². The predicted octanol–water partition coefficient (Wildman–Crippen LogP) is 1.94. The molecule has 6 nitrogen and oxygen atoms in total. The van der Waals surface area contributed by atoms with Gasteiger partial charge in [-0.25, -0.2) is 4.68 Å². The van der Waals surface area contributed by atoms with Gasteiger partial charge in [-0.1, -0.05) is 19.8 Å². The van der Waals surface area contributed by atoms with Crippen molar-refractivity contribution in [1.82, 2.24) is 25.5 Å². The summed E-state index contributed by atoms with van der Waals surface area (Å²) in [7, 11) is 1.71. The molecule has 0 bridgehead atoms. The summed E-state index contributed by atoms with van der Waals surface area (Å²) in [6.45, 7) is 6.84. The molecule has 1 aliphatic carbocycles. The predicted molar refractivity (Wildman–Crippen MR) is 77.3 cm³/mol. The van der Waals surface area contributed by atoms with Crippen LogP contribution in [-0.4, -0.2) is 40.5 Å². The number of methoxy groups -OCH3 is 1. The molecule has 1 aromatic rings. The van der Waals surface area contributed by atoms with Crippen molar-refractivity contribution in [2.75, 3.05) is 20.3 Å². The number of nitrogens with one attached hydrogen (secondary N) is 1. The highest BCUT2D eigenvalue weighted by molar-refractivity contribution is 4.93. The summed E-state index contributed by atoms with van der Waals surface area (Å²) < 4.78 is 7.06. The molecule has 0 saturated heterocycles. The van der Waals surface area contributed by atoms with Crippen LogP contribution in [0.2, 0.25) is 0 Å². The van der Waals surface area contributed by atoms with Gasteiger partial charge in [0.1, 0.15) is 0 Å². The second-order valence-electron chi connectivity index (χ2n) is 5.92. The third-order valence-corrected chi connectivity index (χ3v) is 4.60. The van der Waals surface area contributed by atoms with E-state index in [2.05, 4.69) is 34.7 Å². The van der Waals surface area contributed by atoms with Gasteiger partial charge >= 0.3 is 0 Å². The van der Waals surface area contributed by atoms with Crippen molar-refractivity contribution in [2.45, 2.75) is 58.5 Å². The first-order valence-electron chi connectivity index (χ1n) is 7.69. The fraction of sp³-hybridized carbons (Fsp3) is 0.929. The molecule has 1 saturated carbocycles. The molecule has 0 radical (unpaired) electrons. The smallest absolute Gasteiger partial charge is 0.167 e. The molecule has 1 aliphatic rings. The maximum atomic E-state index is 5.06. The molecule has 20 heavy (non-hydrogen) atoms. The highest BCUT2D eigenvalue weighted by atomic mass is 16.5. The van der Waals surface area contributed by atoms with E-state index < -0.39 is 0 Å². The number of nitrogens with zero attached hydrogens (tertiary/aromatic N) is 4. The normalized spacial score (nSPS) is 19.4. The monoisotopic (exact) mass is 281 g/mol. The van der Waals surface area contributed by atoms with Gasteiger partial charge in [-0.05, 0) is 42.0 Å². The van der Waals surface area contributed by atoms with E-state index in [4.69, 9.17) is 4.74 Å². The van der Waals surface area contributed by atoms with Crippen molar-refractivity contribution in [3.63, 3.8) is 0 Å². The van der Waals surface area contributed by atoms with E-state index in [-0.39, 0.29) is 6.04 Å². The third kappa shape index (κ3) is 3.55. The van der Waals surface area contributed by atoms with Crippen molar-refractivity contribution in [1.29, 1.82) is 0 Å². The van der Waals surface area contributed by atoms with Gasteiger partial charge in [0.15, 0.2) is 5.82 Å². The zero-order valence-electron chi connectivity index (χ0n) is 12.9. The van der Waals surface area contributed by atoms with Crippen LogP contribution in [0, 0.1) is 5.41 Å². The quantitative estimate of drug-likeness (QED) is 0.738. The average molecular weight is 281 g/mol. The summed E-state index contributed by atoms with van der Waals surface area (Å²) in [5.74, 6) is 0.931. The van der Waals surface area contributed by atoms with E-state index in [1.165, 1.54) is 32.1 Å². The zero-order valence-corrected chi connectivity index (χ0v) is 12.9. The molecule has 1 N–H and O–H groups in total. The van der Waals surface area contributed by atoms with Crippen LogP contribution in [0.25, 0.3) is 0 Å². The minimum atomic E-state index is 0.149. The van der Waals surface area contributed by atoms with Gasteiger partial charge in [-0.2, -0.15) is 0 Å². The van der Waals surface area contributed by atoms with Gasteiger partial charge in [0, 0.05) is 13.7 Å². The van der Waals surface area contributed by atoms with Crippen LogP contribution >= 0.6 is 0 Å². The van der Waals surface area contributed by atoms with Crippen LogP contribution in [0.5, 0.6) is 0 Å². The lowest BCUT2D eigenvalue weighted by Gasteiger charge is -2.28. The molecule has 0 amide bonds. The van der Waals surface area contributed by atoms with Crippen LogP contribution in [0.4, 0.5) is 0 Å². The summed E-state index contributed by atoms with van der Waals surface area (Å²) in [6.07, 6.45) is 6.49. The van der Waals surface area contributed by atoms with Crippen LogP contribution in [0.15, 0.2) is 0 Å². The van der Waals surface area contributed by atoms with Gasteiger partial charge in [0.05, 0.1) is 19.2 Å². The Morgan fingerprint density at radius 1 is 1.40 bits per heavy atom. The van der Waals surface area contributed by atoms with Crippen molar-refractivity contribution in [3.05, 3.63) is 5.82 Å². The minimum Gasteiger partial charge on any atom is -0.383 e. The summed E-state index contributed by atoms with van der Waals surface area (Å²) in [5, 5.41) is 15.7. The van der Waals surface area contributed by atoms with Crippen LogP contribution in [-0.2, 0) is 11.3 Å². The lowest BCUT2D eigenvalue weighted by Crippen LogP contribution is -2.29. The van der Waals surface area contributed by atoms with Gasteiger partial charge in [0.2, 0.25) is 0 Å². The van der Waals surface area contributed by atoms with E-state index in [9.17, 15) is 0 Å². The first-order valence-corrected chi connectivity index (χ1v) is 7.69.